The summed E-state index contributed by atoms with van der Waals surface area (Å²) in [5.41, 5.74) is 0.941. The van der Waals surface area contributed by atoms with Gasteiger partial charge in [0.05, 0.1) is 31.4 Å². The van der Waals surface area contributed by atoms with Crippen LogP contribution in [0.1, 0.15) is 41.2 Å². The maximum absolute atomic E-state index is 11.8. The molecule has 1 fully saturated rings. The zero-order valence-corrected chi connectivity index (χ0v) is 14.2. The first kappa shape index (κ1) is 18.8. The molecule has 1 aromatic rings. The first-order valence-corrected chi connectivity index (χ1v) is 8.11. The van der Waals surface area contributed by atoms with E-state index in [-0.39, 0.29) is 13.0 Å². The average Bonchev–Trinajstić information content (AvgIpc) is 2.60. The summed E-state index contributed by atoms with van der Waals surface area (Å²) in [6.07, 6.45) is 1.36. The number of likely N-dealkylation sites (tertiary alicyclic amines) is 1. The Hall–Kier alpha value is -2.54. The summed E-state index contributed by atoms with van der Waals surface area (Å²) >= 11 is 0. The predicted molar refractivity (Wildman–Crippen MR) is 90.8 cm³/mol. The van der Waals surface area contributed by atoms with E-state index in [1.54, 1.807) is 24.3 Å². The van der Waals surface area contributed by atoms with Gasteiger partial charge in [-0.05, 0) is 31.4 Å². The molecule has 0 spiro atoms. The van der Waals surface area contributed by atoms with Crippen molar-refractivity contribution in [2.24, 2.45) is 0 Å². The first-order valence-electron chi connectivity index (χ1n) is 8.11. The molecule has 1 aromatic carbocycles. The van der Waals surface area contributed by atoms with Crippen molar-refractivity contribution in [3.63, 3.8) is 0 Å². The van der Waals surface area contributed by atoms with Crippen LogP contribution in [0.3, 0.4) is 0 Å². The molecule has 0 saturated carbocycles. The second-order valence-corrected chi connectivity index (χ2v) is 5.84. The van der Waals surface area contributed by atoms with Gasteiger partial charge in [0.1, 0.15) is 5.75 Å². The van der Waals surface area contributed by atoms with Gasteiger partial charge in [0.25, 0.3) is 0 Å². The number of carboxylic acid groups (broad SMARTS) is 1. The standard InChI is InChI=1S/C18H23NO6/c1-3-4-9-25-16-10-12(17(21)24-2)5-6-14(16)15-11-13(20)7-8-19(15)18(22)23/h3,5-6,10,13,15,20H,1,4,7-9,11H2,2H3,(H,22,23). The van der Waals surface area contributed by atoms with Gasteiger partial charge in [-0.25, -0.2) is 9.59 Å². The molecule has 1 aliphatic heterocycles. The first-order chi connectivity index (χ1) is 12.0. The molecule has 1 aliphatic rings. The number of aliphatic hydroxyl groups excluding tert-OH is 1. The predicted octanol–water partition coefficient (Wildman–Crippen LogP) is 2.60. The van der Waals surface area contributed by atoms with Gasteiger partial charge in [-0.3, -0.25) is 0 Å². The highest BCUT2D eigenvalue weighted by molar-refractivity contribution is 5.90. The molecule has 1 heterocycles. The van der Waals surface area contributed by atoms with Crippen LogP contribution >= 0.6 is 0 Å². The molecule has 136 valence electrons. The molecule has 25 heavy (non-hydrogen) atoms. The number of aliphatic hydroxyl groups is 1. The van der Waals surface area contributed by atoms with Gasteiger partial charge in [-0.2, -0.15) is 0 Å². The number of piperidine rings is 1. The Morgan fingerprint density at radius 1 is 1.44 bits per heavy atom. The van der Waals surface area contributed by atoms with Gasteiger partial charge in [-0.15, -0.1) is 6.58 Å². The highest BCUT2D eigenvalue weighted by atomic mass is 16.5. The molecule has 2 N–H and O–H groups in total. The van der Waals surface area contributed by atoms with Gasteiger partial charge in [-0.1, -0.05) is 12.1 Å². The number of carbonyl (C=O) groups is 2. The molecule has 0 bridgehead atoms. The largest absolute Gasteiger partial charge is 0.493 e. The zero-order valence-electron chi connectivity index (χ0n) is 14.2. The molecular weight excluding hydrogens is 326 g/mol. The third kappa shape index (κ3) is 4.51. The quantitative estimate of drug-likeness (QED) is 0.465. The number of ether oxygens (including phenoxy) is 2. The average molecular weight is 349 g/mol. The molecule has 7 nitrogen and oxygen atoms in total. The van der Waals surface area contributed by atoms with E-state index in [1.807, 2.05) is 0 Å². The number of hydrogen-bond donors (Lipinski definition) is 2. The number of carbonyl (C=O) groups excluding carboxylic acids is 1. The molecule has 1 saturated heterocycles. The van der Waals surface area contributed by atoms with E-state index >= 15 is 0 Å². The second-order valence-electron chi connectivity index (χ2n) is 5.84. The molecule has 0 radical (unpaired) electrons. The lowest BCUT2D eigenvalue weighted by atomic mass is 9.92. The van der Waals surface area contributed by atoms with Crippen LogP contribution in [0.5, 0.6) is 5.75 Å². The summed E-state index contributed by atoms with van der Waals surface area (Å²) in [7, 11) is 1.29. The lowest BCUT2D eigenvalue weighted by Gasteiger charge is -2.37. The normalized spacial score (nSPS) is 20.0. The van der Waals surface area contributed by atoms with Gasteiger partial charge < -0.3 is 24.6 Å². The molecule has 2 rings (SSSR count). The Morgan fingerprint density at radius 2 is 2.20 bits per heavy atom. The fourth-order valence-corrected chi connectivity index (χ4v) is 2.90. The Morgan fingerprint density at radius 3 is 2.84 bits per heavy atom. The van der Waals surface area contributed by atoms with E-state index < -0.39 is 24.2 Å². The third-order valence-corrected chi connectivity index (χ3v) is 4.19. The number of benzene rings is 1. The maximum Gasteiger partial charge on any atom is 0.407 e. The van der Waals surface area contributed by atoms with Crippen LogP contribution in [0.4, 0.5) is 4.79 Å². The minimum absolute atomic E-state index is 0.242. The van der Waals surface area contributed by atoms with Gasteiger partial charge >= 0.3 is 12.1 Å². The Balaban J connectivity index is 2.40. The summed E-state index contributed by atoms with van der Waals surface area (Å²) < 4.78 is 10.5. The van der Waals surface area contributed by atoms with E-state index in [2.05, 4.69) is 6.58 Å². The second kappa shape index (κ2) is 8.53. The van der Waals surface area contributed by atoms with E-state index in [4.69, 9.17) is 9.47 Å². The molecule has 1 amide bonds. The number of nitrogens with zero attached hydrogens (tertiary/aromatic N) is 1. The van der Waals surface area contributed by atoms with Crippen molar-refractivity contribution in [3.8, 4) is 5.75 Å². The highest BCUT2D eigenvalue weighted by Crippen LogP contribution is 2.37. The molecular formula is C18H23NO6. The molecule has 2 unspecified atom stereocenters. The SMILES string of the molecule is C=CCCOc1cc(C(=O)OC)ccc1C1CC(O)CCN1C(=O)O. The smallest absolute Gasteiger partial charge is 0.407 e. The summed E-state index contributed by atoms with van der Waals surface area (Å²) in [6.45, 7) is 4.23. The van der Waals surface area contributed by atoms with Crippen LogP contribution in [-0.2, 0) is 4.74 Å². The zero-order chi connectivity index (χ0) is 18.4. The van der Waals surface area contributed by atoms with Crippen molar-refractivity contribution < 1.29 is 29.3 Å². The van der Waals surface area contributed by atoms with Gasteiger partial charge in [0, 0.05) is 12.1 Å². The van der Waals surface area contributed by atoms with Gasteiger partial charge in [0.2, 0.25) is 0 Å². The van der Waals surface area contributed by atoms with Crippen LogP contribution in [0, 0.1) is 0 Å². The number of rotatable bonds is 6. The number of hydrogen-bond acceptors (Lipinski definition) is 5. The third-order valence-electron chi connectivity index (χ3n) is 4.19. The fourth-order valence-electron chi connectivity index (χ4n) is 2.90. The van der Waals surface area contributed by atoms with Crippen molar-refractivity contribution in [1.29, 1.82) is 0 Å². The Kier molecular flexibility index (Phi) is 6.41. The number of methoxy groups -OCH3 is 1. The molecule has 0 aliphatic carbocycles. The number of esters is 1. The minimum Gasteiger partial charge on any atom is -0.493 e. The van der Waals surface area contributed by atoms with Crippen LogP contribution in [-0.4, -0.2) is 53.5 Å². The lowest BCUT2D eigenvalue weighted by molar-refractivity contribution is 0.0414. The lowest BCUT2D eigenvalue weighted by Crippen LogP contribution is -2.42. The van der Waals surface area contributed by atoms with E-state index in [9.17, 15) is 19.8 Å². The van der Waals surface area contributed by atoms with Crippen molar-refractivity contribution in [2.75, 3.05) is 20.3 Å². The van der Waals surface area contributed by atoms with Crippen molar-refractivity contribution in [3.05, 3.63) is 42.0 Å². The summed E-state index contributed by atoms with van der Waals surface area (Å²) in [5, 5.41) is 19.4. The Bertz CT molecular complexity index is 644. The fraction of sp³-hybridized carbons (Fsp3) is 0.444. The van der Waals surface area contributed by atoms with Crippen molar-refractivity contribution in [2.45, 2.75) is 31.4 Å². The molecule has 0 aromatic heterocycles. The van der Waals surface area contributed by atoms with Crippen LogP contribution in [0.2, 0.25) is 0 Å². The Labute approximate surface area is 146 Å². The number of amides is 1. The van der Waals surface area contributed by atoms with E-state index in [0.717, 1.165) is 0 Å². The highest BCUT2D eigenvalue weighted by Gasteiger charge is 2.33. The summed E-state index contributed by atoms with van der Waals surface area (Å²) in [5.74, 6) is -0.0889. The summed E-state index contributed by atoms with van der Waals surface area (Å²) in [4.78, 5) is 24.6. The maximum atomic E-state index is 11.8. The minimum atomic E-state index is -1.05. The van der Waals surface area contributed by atoms with Crippen LogP contribution in [0.25, 0.3) is 0 Å². The van der Waals surface area contributed by atoms with Crippen molar-refractivity contribution >= 4 is 12.1 Å². The van der Waals surface area contributed by atoms with Crippen LogP contribution in [0.15, 0.2) is 30.9 Å². The van der Waals surface area contributed by atoms with E-state index in [1.165, 1.54) is 12.0 Å². The molecule has 2 atom stereocenters. The summed E-state index contributed by atoms with van der Waals surface area (Å²) in [6, 6.07) is 4.24. The van der Waals surface area contributed by atoms with Gasteiger partial charge in [0.15, 0.2) is 0 Å². The van der Waals surface area contributed by atoms with E-state index in [0.29, 0.717) is 36.3 Å². The monoisotopic (exact) mass is 349 g/mol. The van der Waals surface area contributed by atoms with Crippen molar-refractivity contribution in [1.82, 2.24) is 4.90 Å². The van der Waals surface area contributed by atoms with Crippen LogP contribution < -0.4 is 4.74 Å². The topological polar surface area (TPSA) is 96.3 Å². The molecule has 7 heteroatoms.